The first kappa shape index (κ1) is 16.5. The van der Waals surface area contributed by atoms with Crippen molar-refractivity contribution in [1.29, 1.82) is 0 Å². The Hall–Kier alpha value is -1.88. The van der Waals surface area contributed by atoms with Crippen LogP contribution < -0.4 is 0 Å². The van der Waals surface area contributed by atoms with E-state index in [4.69, 9.17) is 9.84 Å². The molecule has 0 aliphatic heterocycles. The molecule has 1 fully saturated rings. The van der Waals surface area contributed by atoms with Crippen LogP contribution in [0.25, 0.3) is 0 Å². The summed E-state index contributed by atoms with van der Waals surface area (Å²) in [6, 6.07) is 6.11. The van der Waals surface area contributed by atoms with Gasteiger partial charge in [-0.2, -0.15) is 0 Å². The maximum absolute atomic E-state index is 12.6. The quantitative estimate of drug-likeness (QED) is 0.928. The lowest BCUT2D eigenvalue weighted by Crippen LogP contribution is -2.68. The number of aromatic carboxylic acids is 1. The molecule has 1 aromatic rings. The molecule has 0 saturated heterocycles. The number of hydrogen-bond donors (Lipinski definition) is 1. The fourth-order valence-electron chi connectivity index (χ4n) is 3.18. The SMILES string of the molecule is COC1(C)CC(N(C)C(=O)c2ccc(C(=O)O)cc2)C1(C)C. The number of nitrogens with zero attached hydrogens (tertiary/aromatic N) is 1. The van der Waals surface area contributed by atoms with Crippen LogP contribution in [0.1, 0.15) is 47.9 Å². The molecule has 1 aliphatic rings. The van der Waals surface area contributed by atoms with Crippen LogP contribution in [0, 0.1) is 5.41 Å². The number of carboxylic acids is 1. The number of methoxy groups -OCH3 is 1. The fraction of sp³-hybridized carbons (Fsp3) is 0.529. The molecule has 2 unspecified atom stereocenters. The van der Waals surface area contributed by atoms with Gasteiger partial charge in [0.2, 0.25) is 0 Å². The molecule has 1 aromatic carbocycles. The topological polar surface area (TPSA) is 66.8 Å². The van der Waals surface area contributed by atoms with E-state index in [9.17, 15) is 9.59 Å². The van der Waals surface area contributed by atoms with E-state index in [1.165, 1.54) is 12.1 Å². The molecule has 1 aliphatic carbocycles. The highest BCUT2D eigenvalue weighted by Gasteiger charge is 2.59. The Bertz CT molecular complexity index is 593. The zero-order valence-electron chi connectivity index (χ0n) is 13.7. The number of amides is 1. The number of carbonyl (C=O) groups is 2. The van der Waals surface area contributed by atoms with Gasteiger partial charge in [0.05, 0.1) is 11.2 Å². The van der Waals surface area contributed by atoms with E-state index < -0.39 is 5.97 Å². The number of ether oxygens (including phenoxy) is 1. The fourth-order valence-corrected chi connectivity index (χ4v) is 3.18. The van der Waals surface area contributed by atoms with Gasteiger partial charge in [0.1, 0.15) is 0 Å². The van der Waals surface area contributed by atoms with E-state index in [0.29, 0.717) is 5.56 Å². The van der Waals surface area contributed by atoms with E-state index in [-0.39, 0.29) is 28.5 Å². The lowest BCUT2D eigenvalue weighted by Gasteiger charge is -2.61. The van der Waals surface area contributed by atoms with Crippen molar-refractivity contribution in [2.45, 2.75) is 38.8 Å². The van der Waals surface area contributed by atoms with Gasteiger partial charge in [0, 0.05) is 31.2 Å². The van der Waals surface area contributed by atoms with Crippen LogP contribution in [0.5, 0.6) is 0 Å². The van der Waals surface area contributed by atoms with Gasteiger partial charge >= 0.3 is 5.97 Å². The van der Waals surface area contributed by atoms with Gasteiger partial charge in [0.25, 0.3) is 5.91 Å². The molecule has 5 nitrogen and oxygen atoms in total. The maximum atomic E-state index is 12.6. The minimum Gasteiger partial charge on any atom is -0.478 e. The van der Waals surface area contributed by atoms with Gasteiger partial charge in [-0.05, 0) is 37.6 Å². The second-order valence-corrected chi connectivity index (χ2v) is 6.68. The van der Waals surface area contributed by atoms with Crippen LogP contribution in [-0.2, 0) is 4.74 Å². The molecule has 2 atom stereocenters. The lowest BCUT2D eigenvalue weighted by molar-refractivity contribution is -0.198. The van der Waals surface area contributed by atoms with Gasteiger partial charge in [-0.1, -0.05) is 13.8 Å². The highest BCUT2D eigenvalue weighted by atomic mass is 16.5. The van der Waals surface area contributed by atoms with Crippen LogP contribution in [0.4, 0.5) is 0 Å². The van der Waals surface area contributed by atoms with E-state index in [1.807, 2.05) is 0 Å². The standard InChI is InChI=1S/C17H23NO4/c1-16(2)13(10-17(16,3)22-5)18(4)14(19)11-6-8-12(9-7-11)15(20)21/h6-9,13H,10H2,1-5H3,(H,20,21). The zero-order chi connectivity index (χ0) is 16.7. The molecule has 1 saturated carbocycles. The molecular formula is C17H23NO4. The van der Waals surface area contributed by atoms with Crippen molar-refractivity contribution in [3.8, 4) is 0 Å². The van der Waals surface area contributed by atoms with Gasteiger partial charge in [0.15, 0.2) is 0 Å². The van der Waals surface area contributed by atoms with Crippen molar-refractivity contribution in [2.75, 3.05) is 14.2 Å². The monoisotopic (exact) mass is 305 g/mol. The smallest absolute Gasteiger partial charge is 0.335 e. The Balaban J connectivity index is 2.15. The normalized spacial score (nSPS) is 26.1. The van der Waals surface area contributed by atoms with Crippen LogP contribution in [-0.4, -0.2) is 47.7 Å². The predicted molar refractivity (Wildman–Crippen MR) is 83.1 cm³/mol. The van der Waals surface area contributed by atoms with Gasteiger partial charge in [-0.3, -0.25) is 4.79 Å². The highest BCUT2D eigenvalue weighted by Crippen LogP contribution is 2.53. The number of benzene rings is 1. The van der Waals surface area contributed by atoms with Crippen molar-refractivity contribution >= 4 is 11.9 Å². The average Bonchev–Trinajstić information content (AvgIpc) is 2.50. The Morgan fingerprint density at radius 2 is 1.68 bits per heavy atom. The number of carbonyl (C=O) groups excluding carboxylic acids is 1. The Morgan fingerprint density at radius 1 is 1.18 bits per heavy atom. The van der Waals surface area contributed by atoms with Crippen molar-refractivity contribution in [2.24, 2.45) is 5.41 Å². The van der Waals surface area contributed by atoms with Crippen LogP contribution >= 0.6 is 0 Å². The molecule has 2 rings (SSSR count). The highest BCUT2D eigenvalue weighted by molar-refractivity contribution is 5.96. The summed E-state index contributed by atoms with van der Waals surface area (Å²) >= 11 is 0. The molecule has 0 bridgehead atoms. The summed E-state index contributed by atoms with van der Waals surface area (Å²) in [6.07, 6.45) is 0.784. The van der Waals surface area contributed by atoms with Gasteiger partial charge in [-0.15, -0.1) is 0 Å². The summed E-state index contributed by atoms with van der Waals surface area (Å²) in [5.74, 6) is -1.10. The summed E-state index contributed by atoms with van der Waals surface area (Å²) < 4.78 is 5.59. The maximum Gasteiger partial charge on any atom is 0.335 e. The Labute approximate surface area is 130 Å². The molecule has 120 valence electrons. The molecule has 1 N–H and O–H groups in total. The Morgan fingerprint density at radius 3 is 2.09 bits per heavy atom. The van der Waals surface area contributed by atoms with Gasteiger partial charge in [-0.25, -0.2) is 4.79 Å². The Kier molecular flexibility index (Phi) is 4.04. The third kappa shape index (κ3) is 2.39. The first-order valence-corrected chi connectivity index (χ1v) is 7.30. The summed E-state index contributed by atoms with van der Waals surface area (Å²) in [5, 5.41) is 8.90. The molecular weight excluding hydrogens is 282 g/mol. The summed E-state index contributed by atoms with van der Waals surface area (Å²) in [4.78, 5) is 25.2. The number of carboxylic acid groups (broad SMARTS) is 1. The molecule has 0 spiro atoms. The molecule has 0 heterocycles. The molecule has 0 aromatic heterocycles. The average molecular weight is 305 g/mol. The van der Waals surface area contributed by atoms with Crippen molar-refractivity contribution in [3.05, 3.63) is 35.4 Å². The molecule has 22 heavy (non-hydrogen) atoms. The first-order valence-electron chi connectivity index (χ1n) is 7.30. The van der Waals surface area contributed by atoms with Crippen molar-refractivity contribution in [1.82, 2.24) is 4.90 Å². The summed E-state index contributed by atoms with van der Waals surface area (Å²) in [6.45, 7) is 6.26. The second-order valence-electron chi connectivity index (χ2n) is 6.68. The summed E-state index contributed by atoms with van der Waals surface area (Å²) in [5.41, 5.74) is 0.288. The van der Waals surface area contributed by atoms with E-state index in [0.717, 1.165) is 6.42 Å². The van der Waals surface area contributed by atoms with E-state index in [2.05, 4.69) is 20.8 Å². The number of rotatable bonds is 4. The molecule has 1 amide bonds. The minimum atomic E-state index is -0.997. The first-order chi connectivity index (χ1) is 10.1. The number of hydrogen-bond acceptors (Lipinski definition) is 3. The van der Waals surface area contributed by atoms with E-state index in [1.54, 1.807) is 31.2 Å². The van der Waals surface area contributed by atoms with Crippen LogP contribution in [0.15, 0.2) is 24.3 Å². The minimum absolute atomic E-state index is 0.0871. The third-order valence-electron chi connectivity index (χ3n) is 5.40. The second kappa shape index (κ2) is 5.39. The third-order valence-corrected chi connectivity index (χ3v) is 5.40. The van der Waals surface area contributed by atoms with Crippen molar-refractivity contribution in [3.63, 3.8) is 0 Å². The molecule has 5 heteroatoms. The largest absolute Gasteiger partial charge is 0.478 e. The summed E-state index contributed by atoms with van der Waals surface area (Å²) in [7, 11) is 3.49. The molecule has 0 radical (unpaired) electrons. The zero-order valence-corrected chi connectivity index (χ0v) is 13.7. The van der Waals surface area contributed by atoms with Crippen LogP contribution in [0.2, 0.25) is 0 Å². The van der Waals surface area contributed by atoms with E-state index >= 15 is 0 Å². The predicted octanol–water partition coefficient (Wildman–Crippen LogP) is 2.66. The van der Waals surface area contributed by atoms with Gasteiger partial charge < -0.3 is 14.7 Å². The van der Waals surface area contributed by atoms with Crippen molar-refractivity contribution < 1.29 is 19.4 Å². The lowest BCUT2D eigenvalue weighted by atomic mass is 9.55. The van der Waals surface area contributed by atoms with Crippen LogP contribution in [0.3, 0.4) is 0 Å².